The van der Waals surface area contributed by atoms with E-state index in [0.29, 0.717) is 0 Å². The zero-order valence-electron chi connectivity index (χ0n) is 19.2. The highest BCUT2D eigenvalue weighted by Gasteiger charge is 2.07. The van der Waals surface area contributed by atoms with E-state index in [1.165, 1.54) is 129 Å². The Morgan fingerprint density at radius 3 is 1.35 bits per heavy atom. The first-order chi connectivity index (χ1) is 12.7. The second kappa shape index (κ2) is 21.3. The molecule has 0 aromatic carbocycles. The number of nitrogens with zero attached hydrogens (tertiary/aromatic N) is 1. The predicted molar refractivity (Wildman–Crippen MR) is 121 cm³/mol. The smallest absolute Gasteiger partial charge is 0.00186 e. The Bertz CT molecular complexity index is 235. The molecule has 0 aliphatic rings. The summed E-state index contributed by atoms with van der Waals surface area (Å²) in [4.78, 5) is 2.80. The third kappa shape index (κ3) is 18.7. The average molecular weight is 368 g/mol. The molecule has 0 N–H and O–H groups in total. The van der Waals surface area contributed by atoms with E-state index in [1.54, 1.807) is 0 Å². The van der Waals surface area contributed by atoms with Gasteiger partial charge in [-0.05, 0) is 51.2 Å². The fraction of sp³-hybridized carbons (Fsp3) is 1.00. The van der Waals surface area contributed by atoms with Crippen molar-refractivity contribution in [3.05, 3.63) is 0 Å². The molecular formula is C25H53N. The summed E-state index contributed by atoms with van der Waals surface area (Å²) in [6.07, 6.45) is 24.2. The van der Waals surface area contributed by atoms with E-state index in [2.05, 4.69) is 32.6 Å². The number of hydrogen-bond acceptors (Lipinski definition) is 1. The van der Waals surface area contributed by atoms with E-state index in [1.807, 2.05) is 0 Å². The van der Waals surface area contributed by atoms with Crippen LogP contribution in [0.25, 0.3) is 0 Å². The molecule has 0 radical (unpaired) electrons. The molecule has 158 valence electrons. The molecule has 0 aliphatic heterocycles. The summed E-state index contributed by atoms with van der Waals surface area (Å²) >= 11 is 0. The molecule has 0 fully saturated rings. The molecule has 0 spiro atoms. The van der Waals surface area contributed by atoms with E-state index in [4.69, 9.17) is 0 Å². The van der Waals surface area contributed by atoms with Crippen LogP contribution in [0.4, 0.5) is 0 Å². The van der Waals surface area contributed by atoms with Gasteiger partial charge in [0.2, 0.25) is 0 Å². The minimum absolute atomic E-state index is 0.930. The van der Waals surface area contributed by atoms with Crippen LogP contribution < -0.4 is 0 Å². The lowest BCUT2D eigenvalue weighted by molar-refractivity contribution is 0.248. The van der Waals surface area contributed by atoms with Crippen LogP contribution in [0.3, 0.4) is 0 Å². The van der Waals surface area contributed by atoms with E-state index >= 15 is 0 Å². The van der Waals surface area contributed by atoms with Gasteiger partial charge in [-0.3, -0.25) is 0 Å². The summed E-state index contributed by atoms with van der Waals surface area (Å²) in [5.41, 5.74) is 0. The molecule has 1 nitrogen and oxygen atoms in total. The SMILES string of the molecule is CCCCCCCCN(CCCCCCCC)CCCC(C)CCCC. The molecule has 0 aromatic rings. The number of rotatable bonds is 21. The standard InChI is InChI=1S/C25H53N/c1-5-8-11-13-15-17-22-26(23-18-16-14-12-9-6-2)24-19-21-25(4)20-10-7-3/h25H,5-24H2,1-4H3. The van der Waals surface area contributed by atoms with E-state index < -0.39 is 0 Å². The van der Waals surface area contributed by atoms with Crippen molar-refractivity contribution in [2.24, 2.45) is 5.92 Å². The minimum Gasteiger partial charge on any atom is -0.303 e. The molecule has 1 unspecified atom stereocenters. The van der Waals surface area contributed by atoms with Gasteiger partial charge in [-0.25, -0.2) is 0 Å². The van der Waals surface area contributed by atoms with Gasteiger partial charge in [-0.2, -0.15) is 0 Å². The first-order valence-corrected chi connectivity index (χ1v) is 12.5. The van der Waals surface area contributed by atoms with E-state index in [9.17, 15) is 0 Å². The monoisotopic (exact) mass is 367 g/mol. The highest BCUT2D eigenvalue weighted by Crippen LogP contribution is 2.15. The van der Waals surface area contributed by atoms with Crippen LogP contribution in [0.1, 0.15) is 137 Å². The van der Waals surface area contributed by atoms with Crippen molar-refractivity contribution in [2.75, 3.05) is 19.6 Å². The first-order valence-electron chi connectivity index (χ1n) is 12.5. The van der Waals surface area contributed by atoms with Crippen LogP contribution in [0, 0.1) is 5.92 Å². The van der Waals surface area contributed by atoms with Crippen LogP contribution in [0.15, 0.2) is 0 Å². The maximum absolute atomic E-state index is 2.80. The van der Waals surface area contributed by atoms with Crippen molar-refractivity contribution < 1.29 is 0 Å². The lowest BCUT2D eigenvalue weighted by Gasteiger charge is -2.23. The second-order valence-corrected chi connectivity index (χ2v) is 8.77. The Morgan fingerprint density at radius 1 is 0.462 bits per heavy atom. The first kappa shape index (κ1) is 26.0. The van der Waals surface area contributed by atoms with Crippen LogP contribution in [-0.2, 0) is 0 Å². The van der Waals surface area contributed by atoms with Gasteiger partial charge in [0, 0.05) is 0 Å². The normalized spacial score (nSPS) is 12.8. The maximum atomic E-state index is 2.80. The van der Waals surface area contributed by atoms with Crippen LogP contribution in [0.2, 0.25) is 0 Å². The predicted octanol–water partition coefficient (Wildman–Crippen LogP) is 8.62. The molecule has 0 heterocycles. The fourth-order valence-corrected chi connectivity index (χ4v) is 3.93. The highest BCUT2D eigenvalue weighted by atomic mass is 15.1. The van der Waals surface area contributed by atoms with Crippen molar-refractivity contribution >= 4 is 0 Å². The number of unbranched alkanes of at least 4 members (excludes halogenated alkanes) is 11. The molecule has 0 saturated heterocycles. The second-order valence-electron chi connectivity index (χ2n) is 8.77. The molecule has 0 saturated carbocycles. The Morgan fingerprint density at radius 2 is 0.846 bits per heavy atom. The van der Waals surface area contributed by atoms with Crippen molar-refractivity contribution in [2.45, 2.75) is 137 Å². The minimum atomic E-state index is 0.930. The van der Waals surface area contributed by atoms with Gasteiger partial charge in [0.1, 0.15) is 0 Å². The summed E-state index contributed by atoms with van der Waals surface area (Å²) in [6.45, 7) is 13.4. The zero-order chi connectivity index (χ0) is 19.3. The van der Waals surface area contributed by atoms with Crippen LogP contribution in [0.5, 0.6) is 0 Å². The summed E-state index contributed by atoms with van der Waals surface area (Å²) in [6, 6.07) is 0. The Kier molecular flexibility index (Phi) is 21.2. The average Bonchev–Trinajstić information content (AvgIpc) is 2.65. The quantitative estimate of drug-likeness (QED) is 0.183. The summed E-state index contributed by atoms with van der Waals surface area (Å²) < 4.78 is 0. The molecule has 1 atom stereocenters. The fourth-order valence-electron chi connectivity index (χ4n) is 3.93. The molecule has 26 heavy (non-hydrogen) atoms. The Hall–Kier alpha value is -0.0400. The van der Waals surface area contributed by atoms with E-state index in [-0.39, 0.29) is 0 Å². The van der Waals surface area contributed by atoms with Crippen molar-refractivity contribution in [1.82, 2.24) is 4.90 Å². The van der Waals surface area contributed by atoms with E-state index in [0.717, 1.165) is 5.92 Å². The van der Waals surface area contributed by atoms with Gasteiger partial charge in [-0.15, -0.1) is 0 Å². The lowest BCUT2D eigenvalue weighted by atomic mass is 9.99. The van der Waals surface area contributed by atoms with Crippen LogP contribution >= 0.6 is 0 Å². The molecular weight excluding hydrogens is 314 g/mol. The summed E-state index contributed by atoms with van der Waals surface area (Å²) in [5.74, 6) is 0.930. The lowest BCUT2D eigenvalue weighted by Crippen LogP contribution is -2.27. The summed E-state index contributed by atoms with van der Waals surface area (Å²) in [7, 11) is 0. The number of hydrogen-bond donors (Lipinski definition) is 0. The molecule has 0 aromatic heterocycles. The maximum Gasteiger partial charge on any atom is -0.00186 e. The van der Waals surface area contributed by atoms with Gasteiger partial charge in [-0.1, -0.05) is 111 Å². The molecule has 0 amide bonds. The summed E-state index contributed by atoms with van der Waals surface area (Å²) in [5, 5.41) is 0. The molecule has 0 rings (SSSR count). The highest BCUT2D eigenvalue weighted by molar-refractivity contribution is 4.62. The van der Waals surface area contributed by atoms with Crippen molar-refractivity contribution in [3.8, 4) is 0 Å². The van der Waals surface area contributed by atoms with Gasteiger partial charge >= 0.3 is 0 Å². The molecule has 1 heteroatoms. The third-order valence-corrected chi connectivity index (χ3v) is 5.88. The van der Waals surface area contributed by atoms with Gasteiger partial charge in [0.15, 0.2) is 0 Å². The third-order valence-electron chi connectivity index (χ3n) is 5.88. The van der Waals surface area contributed by atoms with Gasteiger partial charge in [0.25, 0.3) is 0 Å². The van der Waals surface area contributed by atoms with Crippen molar-refractivity contribution in [3.63, 3.8) is 0 Å². The van der Waals surface area contributed by atoms with Gasteiger partial charge < -0.3 is 4.90 Å². The molecule has 0 aliphatic carbocycles. The largest absolute Gasteiger partial charge is 0.303 e. The topological polar surface area (TPSA) is 3.24 Å². The zero-order valence-corrected chi connectivity index (χ0v) is 19.2. The Balaban J connectivity index is 3.90. The van der Waals surface area contributed by atoms with Crippen molar-refractivity contribution in [1.29, 1.82) is 0 Å². The van der Waals surface area contributed by atoms with Gasteiger partial charge in [0.05, 0.1) is 0 Å². The molecule has 0 bridgehead atoms. The Labute approximate surface area is 167 Å². The van der Waals surface area contributed by atoms with Crippen LogP contribution in [-0.4, -0.2) is 24.5 Å².